The molecule has 0 saturated heterocycles. The molecule has 3 aromatic rings. The van der Waals surface area contributed by atoms with E-state index in [4.69, 9.17) is 0 Å². The highest BCUT2D eigenvalue weighted by molar-refractivity contribution is 5.94. The monoisotopic (exact) mass is 333 g/mol. The number of hydrogen-bond donors (Lipinski definition) is 1. The molecule has 5 nitrogen and oxygen atoms in total. The summed E-state index contributed by atoms with van der Waals surface area (Å²) in [6.07, 6.45) is 2.03. The number of fused-ring (bicyclic) bond motifs is 1. The minimum Gasteiger partial charge on any atom is -0.348 e. The molecule has 5 heteroatoms. The Morgan fingerprint density at radius 3 is 2.60 bits per heavy atom. The Labute approximate surface area is 145 Å². The van der Waals surface area contributed by atoms with Crippen LogP contribution in [-0.4, -0.2) is 26.9 Å². The Morgan fingerprint density at radius 1 is 1.04 bits per heavy atom. The molecule has 1 unspecified atom stereocenters. The van der Waals surface area contributed by atoms with E-state index in [0.29, 0.717) is 6.54 Å². The maximum Gasteiger partial charge on any atom is 0.260 e. The van der Waals surface area contributed by atoms with Gasteiger partial charge in [0, 0.05) is 30.7 Å². The molecular formula is C20H19N3O2. The molecule has 4 rings (SSSR count). The first kappa shape index (κ1) is 15.4. The Bertz CT molecular complexity index is 972. The van der Waals surface area contributed by atoms with Crippen molar-refractivity contribution in [2.45, 2.75) is 19.5 Å². The smallest absolute Gasteiger partial charge is 0.260 e. The van der Waals surface area contributed by atoms with Gasteiger partial charge in [-0.15, -0.1) is 0 Å². The minimum atomic E-state index is -0.335. The Kier molecular flexibility index (Phi) is 3.76. The molecule has 3 heterocycles. The number of carbonyl (C=O) groups excluding carboxylic acids is 1. The van der Waals surface area contributed by atoms with E-state index in [0.717, 1.165) is 23.5 Å². The summed E-state index contributed by atoms with van der Waals surface area (Å²) in [6.45, 7) is 3.09. The van der Waals surface area contributed by atoms with Crippen LogP contribution in [0.5, 0.6) is 0 Å². The highest BCUT2D eigenvalue weighted by Gasteiger charge is 2.33. The summed E-state index contributed by atoms with van der Waals surface area (Å²) in [5, 5.41) is 0. The molecule has 25 heavy (non-hydrogen) atoms. The Balaban J connectivity index is 1.80. The van der Waals surface area contributed by atoms with E-state index in [9.17, 15) is 9.59 Å². The van der Waals surface area contributed by atoms with E-state index < -0.39 is 0 Å². The van der Waals surface area contributed by atoms with Gasteiger partial charge in [-0.25, -0.2) is 0 Å². The molecular weight excluding hydrogens is 314 g/mol. The lowest BCUT2D eigenvalue weighted by atomic mass is 9.99. The van der Waals surface area contributed by atoms with Gasteiger partial charge in [0.1, 0.15) is 5.56 Å². The number of aromatic amines is 1. The molecule has 0 aliphatic carbocycles. The zero-order chi connectivity index (χ0) is 17.4. The largest absolute Gasteiger partial charge is 0.348 e. The fraction of sp³-hybridized carbons (Fsp3) is 0.200. The van der Waals surface area contributed by atoms with E-state index in [1.165, 1.54) is 0 Å². The van der Waals surface area contributed by atoms with Crippen LogP contribution in [0.3, 0.4) is 0 Å². The summed E-state index contributed by atoms with van der Waals surface area (Å²) >= 11 is 0. The molecule has 2 aromatic heterocycles. The molecule has 1 aliphatic rings. The highest BCUT2D eigenvalue weighted by Crippen LogP contribution is 2.33. The topological polar surface area (TPSA) is 58.1 Å². The van der Waals surface area contributed by atoms with Crippen LogP contribution < -0.4 is 5.56 Å². The van der Waals surface area contributed by atoms with Gasteiger partial charge in [0.25, 0.3) is 11.5 Å². The molecule has 0 spiro atoms. The zero-order valence-electron chi connectivity index (χ0n) is 14.0. The lowest BCUT2D eigenvalue weighted by Gasteiger charge is -2.37. The van der Waals surface area contributed by atoms with E-state index in [1.807, 2.05) is 48.7 Å². The number of nitrogens with one attached hydrogen (secondary N) is 1. The summed E-state index contributed by atoms with van der Waals surface area (Å²) in [5.41, 5.74) is 2.70. The molecule has 1 aromatic carbocycles. The van der Waals surface area contributed by atoms with E-state index in [1.54, 1.807) is 24.0 Å². The number of amides is 1. The Hall–Kier alpha value is -3.08. The van der Waals surface area contributed by atoms with Gasteiger partial charge in [-0.2, -0.15) is 0 Å². The van der Waals surface area contributed by atoms with E-state index in [2.05, 4.69) is 9.55 Å². The molecule has 0 radical (unpaired) electrons. The lowest BCUT2D eigenvalue weighted by molar-refractivity contribution is 0.0662. The predicted molar refractivity (Wildman–Crippen MR) is 95.6 cm³/mol. The number of carbonyl (C=O) groups is 1. The number of pyridine rings is 1. The number of aromatic nitrogens is 2. The second kappa shape index (κ2) is 6.09. The van der Waals surface area contributed by atoms with Gasteiger partial charge in [-0.3, -0.25) is 9.59 Å². The SMILES string of the molecule is Cc1ccc(C(=O)N2CCn3cccc3C2c2ccccc2)c(=O)[nH]1. The van der Waals surface area contributed by atoms with E-state index in [-0.39, 0.29) is 23.1 Å². The molecule has 0 fully saturated rings. The number of aryl methyl sites for hydroxylation is 1. The van der Waals surface area contributed by atoms with E-state index >= 15 is 0 Å². The van der Waals surface area contributed by atoms with Gasteiger partial charge in [-0.05, 0) is 36.8 Å². The summed E-state index contributed by atoms with van der Waals surface area (Å²) in [4.78, 5) is 29.9. The standard InChI is InChI=1S/C20H19N3O2/c1-14-9-10-16(19(24)21-14)20(25)23-13-12-22-11-5-8-17(22)18(23)15-6-3-2-4-7-15/h2-11,18H,12-13H2,1H3,(H,21,24). The first-order valence-electron chi connectivity index (χ1n) is 8.36. The average Bonchev–Trinajstić information content (AvgIpc) is 3.10. The number of rotatable bonds is 2. The quantitative estimate of drug-likeness (QED) is 0.784. The third-order valence-corrected chi connectivity index (χ3v) is 4.70. The highest BCUT2D eigenvalue weighted by atomic mass is 16.2. The van der Waals surface area contributed by atoms with Crippen LogP contribution in [0.1, 0.15) is 33.4 Å². The molecule has 1 amide bonds. The van der Waals surface area contributed by atoms with Crippen molar-refractivity contribution in [1.82, 2.24) is 14.5 Å². The van der Waals surface area contributed by atoms with Gasteiger partial charge in [-0.1, -0.05) is 30.3 Å². The van der Waals surface area contributed by atoms with Crippen molar-refractivity contribution in [3.8, 4) is 0 Å². The van der Waals surface area contributed by atoms with Crippen molar-refractivity contribution < 1.29 is 4.79 Å². The van der Waals surface area contributed by atoms with Gasteiger partial charge < -0.3 is 14.5 Å². The molecule has 0 bridgehead atoms. The van der Waals surface area contributed by atoms with Crippen LogP contribution in [0.25, 0.3) is 0 Å². The Morgan fingerprint density at radius 2 is 1.84 bits per heavy atom. The number of hydrogen-bond acceptors (Lipinski definition) is 2. The van der Waals surface area contributed by atoms with Gasteiger partial charge in [0.15, 0.2) is 0 Å². The predicted octanol–water partition coefficient (Wildman–Crippen LogP) is 2.73. The van der Waals surface area contributed by atoms with Gasteiger partial charge in [0.05, 0.1) is 6.04 Å². The fourth-order valence-electron chi connectivity index (χ4n) is 3.48. The average molecular weight is 333 g/mol. The van der Waals surface area contributed by atoms with Crippen molar-refractivity contribution in [3.05, 3.63) is 93.7 Å². The maximum atomic E-state index is 13.1. The third-order valence-electron chi connectivity index (χ3n) is 4.70. The zero-order valence-corrected chi connectivity index (χ0v) is 14.0. The van der Waals surface area contributed by atoms with Crippen LogP contribution in [0, 0.1) is 6.92 Å². The van der Waals surface area contributed by atoms with Crippen molar-refractivity contribution >= 4 is 5.91 Å². The van der Waals surface area contributed by atoms with Crippen LogP contribution in [0.4, 0.5) is 0 Å². The molecule has 1 N–H and O–H groups in total. The molecule has 1 atom stereocenters. The maximum absolute atomic E-state index is 13.1. The normalized spacial score (nSPS) is 16.5. The first-order chi connectivity index (χ1) is 12.1. The molecule has 1 aliphatic heterocycles. The minimum absolute atomic E-state index is 0.187. The second-order valence-corrected chi connectivity index (χ2v) is 6.32. The molecule has 126 valence electrons. The summed E-state index contributed by atoms with van der Waals surface area (Å²) in [6, 6.07) is 17.2. The second-order valence-electron chi connectivity index (χ2n) is 6.32. The van der Waals surface area contributed by atoms with Crippen LogP contribution in [0.15, 0.2) is 65.6 Å². The summed E-state index contributed by atoms with van der Waals surface area (Å²) in [7, 11) is 0. The van der Waals surface area contributed by atoms with Gasteiger partial charge >= 0.3 is 0 Å². The van der Waals surface area contributed by atoms with Crippen molar-refractivity contribution in [3.63, 3.8) is 0 Å². The number of nitrogens with zero attached hydrogens (tertiary/aromatic N) is 2. The first-order valence-corrected chi connectivity index (χ1v) is 8.36. The summed E-state index contributed by atoms with van der Waals surface area (Å²) < 4.78 is 2.17. The van der Waals surface area contributed by atoms with Crippen molar-refractivity contribution in [2.24, 2.45) is 0 Å². The van der Waals surface area contributed by atoms with Crippen LogP contribution in [0.2, 0.25) is 0 Å². The third kappa shape index (κ3) is 2.67. The number of H-pyrrole nitrogens is 1. The molecule has 0 saturated carbocycles. The van der Waals surface area contributed by atoms with Crippen LogP contribution >= 0.6 is 0 Å². The van der Waals surface area contributed by atoms with Gasteiger partial charge in [0.2, 0.25) is 0 Å². The fourth-order valence-corrected chi connectivity index (χ4v) is 3.48. The lowest BCUT2D eigenvalue weighted by Crippen LogP contribution is -2.44. The van der Waals surface area contributed by atoms with Crippen molar-refractivity contribution in [1.29, 1.82) is 0 Å². The number of benzene rings is 1. The van der Waals surface area contributed by atoms with Crippen LogP contribution in [-0.2, 0) is 6.54 Å². The summed E-state index contributed by atoms with van der Waals surface area (Å²) in [5.74, 6) is -0.234. The van der Waals surface area contributed by atoms with Crippen molar-refractivity contribution in [2.75, 3.05) is 6.54 Å².